The van der Waals surface area contributed by atoms with Gasteiger partial charge in [-0.3, -0.25) is 0 Å². The van der Waals surface area contributed by atoms with Gasteiger partial charge < -0.3 is 0 Å². The highest BCUT2D eigenvalue weighted by Gasteiger charge is 2.20. The van der Waals surface area contributed by atoms with E-state index in [0.29, 0.717) is 5.38 Å². The summed E-state index contributed by atoms with van der Waals surface area (Å²) in [5, 5.41) is 0.432. The molecule has 2 unspecified atom stereocenters. The highest BCUT2D eigenvalue weighted by Crippen LogP contribution is 2.31. The number of allylic oxidation sites excluding steroid dienone is 1. The quantitative estimate of drug-likeness (QED) is 0.357. The SMILES string of the molecule is C=C(C)CCC1CCCCCC1Cl. The number of alkyl halides is 1. The minimum atomic E-state index is 0.432. The van der Waals surface area contributed by atoms with Crippen molar-refractivity contribution in [1.29, 1.82) is 0 Å². The molecule has 0 aliphatic heterocycles. The highest BCUT2D eigenvalue weighted by molar-refractivity contribution is 6.20. The van der Waals surface area contributed by atoms with Crippen LogP contribution in [0.5, 0.6) is 0 Å². The van der Waals surface area contributed by atoms with Crippen molar-refractivity contribution in [3.05, 3.63) is 12.2 Å². The molecule has 1 rings (SSSR count). The first-order valence-corrected chi connectivity index (χ1v) is 5.92. The lowest BCUT2D eigenvalue weighted by Gasteiger charge is -2.19. The van der Waals surface area contributed by atoms with E-state index < -0.39 is 0 Å². The van der Waals surface area contributed by atoms with E-state index in [4.69, 9.17) is 11.6 Å². The van der Waals surface area contributed by atoms with Gasteiger partial charge in [-0.1, -0.05) is 24.8 Å². The molecule has 0 amide bonds. The van der Waals surface area contributed by atoms with Crippen LogP contribution >= 0.6 is 11.6 Å². The molecule has 0 aromatic heterocycles. The molecule has 76 valence electrons. The Labute approximate surface area is 87.4 Å². The molecule has 1 saturated carbocycles. The molecule has 1 aliphatic rings. The largest absolute Gasteiger partial charge is 0.123 e. The van der Waals surface area contributed by atoms with Crippen molar-refractivity contribution in [2.75, 3.05) is 0 Å². The Morgan fingerprint density at radius 1 is 1.31 bits per heavy atom. The fourth-order valence-corrected chi connectivity index (χ4v) is 2.50. The fourth-order valence-electron chi connectivity index (χ4n) is 2.10. The van der Waals surface area contributed by atoms with E-state index >= 15 is 0 Å². The van der Waals surface area contributed by atoms with Gasteiger partial charge in [0.1, 0.15) is 0 Å². The van der Waals surface area contributed by atoms with Crippen LogP contribution in [0.4, 0.5) is 0 Å². The van der Waals surface area contributed by atoms with Gasteiger partial charge in [-0.2, -0.15) is 0 Å². The highest BCUT2D eigenvalue weighted by atomic mass is 35.5. The minimum absolute atomic E-state index is 0.432. The lowest BCUT2D eigenvalue weighted by Crippen LogP contribution is -2.13. The van der Waals surface area contributed by atoms with Gasteiger partial charge in [0.25, 0.3) is 0 Å². The standard InChI is InChI=1S/C12H21Cl/c1-10(2)8-9-11-6-4-3-5-7-12(11)13/h11-12H,1,3-9H2,2H3. The summed E-state index contributed by atoms with van der Waals surface area (Å²) in [7, 11) is 0. The summed E-state index contributed by atoms with van der Waals surface area (Å²) in [6, 6.07) is 0. The maximum atomic E-state index is 6.34. The van der Waals surface area contributed by atoms with Gasteiger partial charge in [-0.15, -0.1) is 18.2 Å². The van der Waals surface area contributed by atoms with Gasteiger partial charge in [-0.25, -0.2) is 0 Å². The number of hydrogen-bond donors (Lipinski definition) is 0. The summed E-state index contributed by atoms with van der Waals surface area (Å²) in [5.74, 6) is 0.751. The van der Waals surface area contributed by atoms with Gasteiger partial charge in [-0.05, 0) is 38.5 Å². The second kappa shape index (κ2) is 5.70. The molecule has 0 bridgehead atoms. The third kappa shape index (κ3) is 4.17. The molecule has 0 spiro atoms. The van der Waals surface area contributed by atoms with Crippen LogP contribution in [0.1, 0.15) is 51.9 Å². The van der Waals surface area contributed by atoms with E-state index in [2.05, 4.69) is 13.5 Å². The van der Waals surface area contributed by atoms with Crippen LogP contribution in [0, 0.1) is 5.92 Å². The molecule has 13 heavy (non-hydrogen) atoms. The van der Waals surface area contributed by atoms with Crippen LogP contribution in [0.25, 0.3) is 0 Å². The third-order valence-corrected chi connectivity index (χ3v) is 3.58. The zero-order chi connectivity index (χ0) is 9.68. The molecule has 1 heteroatoms. The van der Waals surface area contributed by atoms with Gasteiger partial charge in [0.05, 0.1) is 0 Å². The Morgan fingerprint density at radius 3 is 2.69 bits per heavy atom. The molecule has 0 aromatic rings. The first-order chi connectivity index (χ1) is 6.20. The molecule has 0 N–H and O–H groups in total. The van der Waals surface area contributed by atoms with Crippen molar-refractivity contribution >= 4 is 11.6 Å². The predicted molar refractivity (Wildman–Crippen MR) is 60.3 cm³/mol. The van der Waals surface area contributed by atoms with Crippen molar-refractivity contribution in [3.63, 3.8) is 0 Å². The van der Waals surface area contributed by atoms with Gasteiger partial charge in [0, 0.05) is 5.38 Å². The van der Waals surface area contributed by atoms with Crippen LogP contribution in [-0.4, -0.2) is 5.38 Å². The van der Waals surface area contributed by atoms with Crippen molar-refractivity contribution in [3.8, 4) is 0 Å². The monoisotopic (exact) mass is 200 g/mol. The summed E-state index contributed by atoms with van der Waals surface area (Å²) >= 11 is 6.34. The second-order valence-electron chi connectivity index (χ2n) is 4.41. The van der Waals surface area contributed by atoms with Crippen molar-refractivity contribution in [1.82, 2.24) is 0 Å². The molecular formula is C12H21Cl. The van der Waals surface area contributed by atoms with Crippen LogP contribution in [-0.2, 0) is 0 Å². The smallest absolute Gasteiger partial charge is 0.0364 e. The molecule has 0 heterocycles. The summed E-state index contributed by atoms with van der Waals surface area (Å²) < 4.78 is 0. The zero-order valence-electron chi connectivity index (χ0n) is 8.69. The molecule has 0 aromatic carbocycles. The van der Waals surface area contributed by atoms with E-state index in [1.54, 1.807) is 0 Å². The van der Waals surface area contributed by atoms with E-state index in [0.717, 1.165) is 12.3 Å². The lowest BCUT2D eigenvalue weighted by molar-refractivity contribution is 0.434. The summed E-state index contributed by atoms with van der Waals surface area (Å²) in [6.07, 6.45) is 9.07. The van der Waals surface area contributed by atoms with Crippen LogP contribution in [0.3, 0.4) is 0 Å². The molecule has 0 radical (unpaired) electrons. The van der Waals surface area contributed by atoms with Crippen molar-refractivity contribution < 1.29 is 0 Å². The Hall–Kier alpha value is 0.0300. The van der Waals surface area contributed by atoms with Crippen LogP contribution in [0.15, 0.2) is 12.2 Å². The lowest BCUT2D eigenvalue weighted by atomic mass is 9.93. The molecule has 0 nitrogen and oxygen atoms in total. The van der Waals surface area contributed by atoms with Gasteiger partial charge in [0.2, 0.25) is 0 Å². The predicted octanol–water partition coefficient (Wildman–Crippen LogP) is 4.53. The minimum Gasteiger partial charge on any atom is -0.123 e. The maximum absolute atomic E-state index is 6.34. The van der Waals surface area contributed by atoms with Crippen LogP contribution < -0.4 is 0 Å². The summed E-state index contributed by atoms with van der Waals surface area (Å²) in [5.41, 5.74) is 1.30. The van der Waals surface area contributed by atoms with E-state index in [-0.39, 0.29) is 0 Å². The Bertz CT molecular complexity index is 163. The van der Waals surface area contributed by atoms with Gasteiger partial charge >= 0.3 is 0 Å². The average molecular weight is 201 g/mol. The van der Waals surface area contributed by atoms with E-state index in [9.17, 15) is 0 Å². The Balaban J connectivity index is 2.31. The van der Waals surface area contributed by atoms with Crippen LogP contribution in [0.2, 0.25) is 0 Å². The topological polar surface area (TPSA) is 0 Å². The molecule has 2 atom stereocenters. The molecule has 0 saturated heterocycles. The Kier molecular flexibility index (Phi) is 4.87. The van der Waals surface area contributed by atoms with Crippen molar-refractivity contribution in [2.45, 2.75) is 57.2 Å². The first kappa shape index (κ1) is 11.1. The zero-order valence-corrected chi connectivity index (χ0v) is 9.45. The number of halogens is 1. The van der Waals surface area contributed by atoms with E-state index in [1.165, 1.54) is 44.1 Å². The van der Waals surface area contributed by atoms with Gasteiger partial charge in [0.15, 0.2) is 0 Å². The molecule has 1 aliphatic carbocycles. The Morgan fingerprint density at radius 2 is 2.00 bits per heavy atom. The average Bonchev–Trinajstić information content (AvgIpc) is 2.27. The number of rotatable bonds is 3. The summed E-state index contributed by atoms with van der Waals surface area (Å²) in [4.78, 5) is 0. The summed E-state index contributed by atoms with van der Waals surface area (Å²) in [6.45, 7) is 6.06. The van der Waals surface area contributed by atoms with Crippen molar-refractivity contribution in [2.24, 2.45) is 5.92 Å². The maximum Gasteiger partial charge on any atom is 0.0364 e. The molecular weight excluding hydrogens is 180 g/mol. The fraction of sp³-hybridized carbons (Fsp3) is 0.833. The normalized spacial score (nSPS) is 29.7. The second-order valence-corrected chi connectivity index (χ2v) is 4.97. The third-order valence-electron chi connectivity index (χ3n) is 3.01. The van der Waals surface area contributed by atoms with E-state index in [1.807, 2.05) is 0 Å². The first-order valence-electron chi connectivity index (χ1n) is 5.48. The number of hydrogen-bond acceptors (Lipinski definition) is 0. The molecule has 1 fully saturated rings.